The Morgan fingerprint density at radius 3 is 2.80 bits per heavy atom. The molecular formula is C13H9N5O2. The highest BCUT2D eigenvalue weighted by Gasteiger charge is 2.02. The smallest absolute Gasteiger partial charge is 0.267 e. The van der Waals surface area contributed by atoms with Gasteiger partial charge in [-0.2, -0.15) is 5.10 Å². The lowest BCUT2D eigenvalue weighted by molar-refractivity contribution is 0.0955. The number of hydrazone groups is 1. The number of rotatable bonds is 3. The summed E-state index contributed by atoms with van der Waals surface area (Å²) in [6.07, 6.45) is 4.61. The minimum atomic E-state index is -0.298. The number of fused-ring (bicyclic) bond motifs is 1. The van der Waals surface area contributed by atoms with E-state index in [-0.39, 0.29) is 5.91 Å². The molecule has 2 heterocycles. The summed E-state index contributed by atoms with van der Waals surface area (Å²) in [5, 5.41) is 11.3. The number of pyridine rings is 1. The van der Waals surface area contributed by atoms with Crippen LogP contribution in [-0.4, -0.2) is 27.4 Å². The molecule has 98 valence electrons. The number of carbonyl (C=O) groups is 1. The number of hydrogen-bond donors (Lipinski definition) is 1. The van der Waals surface area contributed by atoms with E-state index in [0.717, 1.165) is 5.56 Å². The van der Waals surface area contributed by atoms with Gasteiger partial charge in [-0.1, -0.05) is 6.07 Å². The molecule has 20 heavy (non-hydrogen) atoms. The third kappa shape index (κ3) is 2.51. The van der Waals surface area contributed by atoms with Crippen LogP contribution in [0.5, 0.6) is 0 Å². The van der Waals surface area contributed by atoms with Crippen molar-refractivity contribution in [1.82, 2.24) is 20.7 Å². The maximum atomic E-state index is 11.7. The molecule has 0 aliphatic heterocycles. The van der Waals surface area contributed by atoms with Crippen molar-refractivity contribution >= 4 is 23.2 Å². The second-order valence-corrected chi connectivity index (χ2v) is 3.95. The fourth-order valence-corrected chi connectivity index (χ4v) is 1.61. The molecular weight excluding hydrogens is 258 g/mol. The molecule has 0 fully saturated rings. The Hall–Kier alpha value is -3.09. The van der Waals surface area contributed by atoms with Gasteiger partial charge in [-0.15, -0.1) is 0 Å². The van der Waals surface area contributed by atoms with Gasteiger partial charge in [0.25, 0.3) is 5.91 Å². The topological polar surface area (TPSA) is 93.3 Å². The molecule has 0 atom stereocenters. The Balaban J connectivity index is 1.69. The highest BCUT2D eigenvalue weighted by Crippen LogP contribution is 2.09. The molecule has 1 amide bonds. The van der Waals surface area contributed by atoms with Crippen molar-refractivity contribution in [3.05, 3.63) is 53.9 Å². The Kier molecular flexibility index (Phi) is 3.15. The number of aromatic nitrogens is 3. The quantitative estimate of drug-likeness (QED) is 0.571. The number of benzene rings is 1. The summed E-state index contributed by atoms with van der Waals surface area (Å²) in [6.45, 7) is 0. The molecule has 0 bridgehead atoms. The van der Waals surface area contributed by atoms with Crippen molar-refractivity contribution in [2.45, 2.75) is 0 Å². The SMILES string of the molecule is O=C(NN=Cc1ccc2nonc2c1)c1ccncc1. The van der Waals surface area contributed by atoms with Gasteiger partial charge < -0.3 is 0 Å². The molecule has 0 spiro atoms. The predicted molar refractivity (Wildman–Crippen MR) is 71.1 cm³/mol. The summed E-state index contributed by atoms with van der Waals surface area (Å²) in [5.74, 6) is -0.298. The molecule has 7 heteroatoms. The van der Waals surface area contributed by atoms with Crippen molar-refractivity contribution in [2.75, 3.05) is 0 Å². The van der Waals surface area contributed by atoms with Crippen LogP contribution in [0.4, 0.5) is 0 Å². The lowest BCUT2D eigenvalue weighted by atomic mass is 10.2. The van der Waals surface area contributed by atoms with E-state index >= 15 is 0 Å². The van der Waals surface area contributed by atoms with Crippen LogP contribution in [-0.2, 0) is 0 Å². The summed E-state index contributed by atoms with van der Waals surface area (Å²) in [5.41, 5.74) is 5.01. The van der Waals surface area contributed by atoms with E-state index in [2.05, 4.69) is 30.5 Å². The second-order valence-electron chi connectivity index (χ2n) is 3.95. The monoisotopic (exact) mass is 267 g/mol. The van der Waals surface area contributed by atoms with Crippen LogP contribution in [0, 0.1) is 0 Å². The van der Waals surface area contributed by atoms with Gasteiger partial charge in [-0.05, 0) is 40.1 Å². The van der Waals surface area contributed by atoms with E-state index in [9.17, 15) is 4.79 Å². The summed E-state index contributed by atoms with van der Waals surface area (Å²) in [6, 6.07) is 8.54. The third-order valence-corrected chi connectivity index (χ3v) is 2.60. The molecule has 0 aliphatic rings. The van der Waals surface area contributed by atoms with Crippen LogP contribution in [0.25, 0.3) is 11.0 Å². The predicted octanol–water partition coefficient (Wildman–Crippen LogP) is 1.38. The zero-order valence-electron chi connectivity index (χ0n) is 10.2. The van der Waals surface area contributed by atoms with Crippen LogP contribution >= 0.6 is 0 Å². The van der Waals surface area contributed by atoms with Crippen LogP contribution in [0.1, 0.15) is 15.9 Å². The minimum absolute atomic E-state index is 0.298. The molecule has 0 radical (unpaired) electrons. The average Bonchev–Trinajstić information content (AvgIpc) is 2.95. The zero-order valence-corrected chi connectivity index (χ0v) is 10.2. The normalized spacial score (nSPS) is 11.0. The molecule has 0 unspecified atom stereocenters. The van der Waals surface area contributed by atoms with Crippen molar-refractivity contribution < 1.29 is 9.42 Å². The summed E-state index contributed by atoms with van der Waals surface area (Å²) in [7, 11) is 0. The van der Waals surface area contributed by atoms with Gasteiger partial charge in [0.15, 0.2) is 0 Å². The number of carbonyl (C=O) groups excluding carboxylic acids is 1. The van der Waals surface area contributed by atoms with Gasteiger partial charge in [-0.3, -0.25) is 9.78 Å². The standard InChI is InChI=1S/C13H9N5O2/c19-13(10-3-5-14-6-4-10)16-15-8-9-1-2-11-12(7-9)18-20-17-11/h1-8H,(H,16,19). The van der Waals surface area contributed by atoms with Crippen molar-refractivity contribution in [1.29, 1.82) is 0 Å². The first-order chi connectivity index (χ1) is 9.83. The highest BCUT2D eigenvalue weighted by molar-refractivity contribution is 5.95. The molecule has 7 nitrogen and oxygen atoms in total. The van der Waals surface area contributed by atoms with E-state index in [1.165, 1.54) is 6.21 Å². The van der Waals surface area contributed by atoms with Crippen molar-refractivity contribution in [3.8, 4) is 0 Å². The van der Waals surface area contributed by atoms with Gasteiger partial charge in [0.2, 0.25) is 0 Å². The number of nitrogens with one attached hydrogen (secondary N) is 1. The van der Waals surface area contributed by atoms with Gasteiger partial charge in [-0.25, -0.2) is 10.1 Å². The lowest BCUT2D eigenvalue weighted by Crippen LogP contribution is -2.17. The highest BCUT2D eigenvalue weighted by atomic mass is 16.6. The molecule has 0 saturated heterocycles. The van der Waals surface area contributed by atoms with E-state index < -0.39 is 0 Å². The van der Waals surface area contributed by atoms with E-state index in [1.54, 1.807) is 42.7 Å². The van der Waals surface area contributed by atoms with E-state index in [4.69, 9.17) is 0 Å². The van der Waals surface area contributed by atoms with Gasteiger partial charge >= 0.3 is 0 Å². The second kappa shape index (κ2) is 5.27. The zero-order chi connectivity index (χ0) is 13.8. The fraction of sp³-hybridized carbons (Fsp3) is 0. The number of nitrogens with zero attached hydrogens (tertiary/aromatic N) is 4. The van der Waals surface area contributed by atoms with Gasteiger partial charge in [0.1, 0.15) is 11.0 Å². The van der Waals surface area contributed by atoms with Crippen molar-refractivity contribution in [3.63, 3.8) is 0 Å². The third-order valence-electron chi connectivity index (χ3n) is 2.60. The maximum absolute atomic E-state index is 11.7. The van der Waals surface area contributed by atoms with Crippen LogP contribution in [0.15, 0.2) is 52.5 Å². The number of amides is 1. The Morgan fingerprint density at radius 1 is 1.15 bits per heavy atom. The van der Waals surface area contributed by atoms with Crippen LogP contribution in [0.2, 0.25) is 0 Å². The van der Waals surface area contributed by atoms with Gasteiger partial charge in [0, 0.05) is 18.0 Å². The van der Waals surface area contributed by atoms with Crippen molar-refractivity contribution in [2.24, 2.45) is 5.10 Å². The average molecular weight is 267 g/mol. The molecule has 2 aromatic heterocycles. The largest absolute Gasteiger partial charge is 0.271 e. The van der Waals surface area contributed by atoms with Crippen LogP contribution < -0.4 is 5.43 Å². The fourth-order valence-electron chi connectivity index (χ4n) is 1.61. The lowest BCUT2D eigenvalue weighted by Gasteiger charge is -1.98. The summed E-state index contributed by atoms with van der Waals surface area (Å²) in [4.78, 5) is 15.6. The number of hydrogen-bond acceptors (Lipinski definition) is 6. The van der Waals surface area contributed by atoms with E-state index in [0.29, 0.717) is 16.6 Å². The first-order valence-corrected chi connectivity index (χ1v) is 5.79. The molecule has 1 aromatic carbocycles. The van der Waals surface area contributed by atoms with E-state index in [1.807, 2.05) is 0 Å². The van der Waals surface area contributed by atoms with Crippen LogP contribution in [0.3, 0.4) is 0 Å². The first-order valence-electron chi connectivity index (χ1n) is 5.79. The molecule has 1 N–H and O–H groups in total. The first kappa shape index (κ1) is 12.0. The Labute approximate surface area is 113 Å². The molecule has 0 saturated carbocycles. The molecule has 3 aromatic rings. The molecule has 3 rings (SSSR count). The Morgan fingerprint density at radius 2 is 1.95 bits per heavy atom. The summed E-state index contributed by atoms with van der Waals surface area (Å²) < 4.78 is 4.60. The molecule has 0 aliphatic carbocycles. The summed E-state index contributed by atoms with van der Waals surface area (Å²) >= 11 is 0. The minimum Gasteiger partial charge on any atom is -0.267 e. The maximum Gasteiger partial charge on any atom is 0.271 e. The Bertz CT molecular complexity index is 767. The van der Waals surface area contributed by atoms with Gasteiger partial charge in [0.05, 0.1) is 6.21 Å².